The van der Waals surface area contributed by atoms with Crippen molar-refractivity contribution >= 4 is 34.9 Å². The minimum atomic E-state index is -10.7. The Morgan fingerprint density at radius 1 is 0.865 bits per heavy atom. The van der Waals surface area contributed by atoms with Crippen molar-refractivity contribution in [3.63, 3.8) is 0 Å². The molecular formula is C26H29F6N2OPS. The summed E-state index contributed by atoms with van der Waals surface area (Å²) >= 11 is 1.88. The standard InChI is InChI=1S/C26H29N2OS.F6P/c1-27(2)19-12-14-23-22(11-8-16-29-21-9-6-5-7-10-21)24-15-13-20(28(3)4)18-26(24)30-25(23)17-19;1-7(2,3,4,5)6/h5-7,9-10,12-15,17-18H,8,11,16H2,1-4H3;/q+1;-1. The molecule has 0 saturated heterocycles. The molecule has 0 bridgehead atoms. The zero-order valence-electron chi connectivity index (χ0n) is 20.9. The maximum absolute atomic E-state index is 10.7. The Morgan fingerprint density at radius 2 is 1.51 bits per heavy atom. The van der Waals surface area contributed by atoms with Crippen LogP contribution in [0.4, 0.5) is 30.9 Å². The first-order valence-corrected chi connectivity index (χ1v) is 14.2. The molecule has 0 saturated carbocycles. The van der Waals surface area contributed by atoms with Crippen LogP contribution in [0.3, 0.4) is 0 Å². The van der Waals surface area contributed by atoms with Gasteiger partial charge in [-0.25, -0.2) is 4.58 Å². The molecule has 3 nitrogen and oxygen atoms in total. The number of hydrogen-bond donors (Lipinski definition) is 0. The van der Waals surface area contributed by atoms with Crippen LogP contribution in [0, 0.1) is 0 Å². The second kappa shape index (κ2) is 10.1. The van der Waals surface area contributed by atoms with Crippen molar-refractivity contribution in [2.45, 2.75) is 12.8 Å². The van der Waals surface area contributed by atoms with Crippen molar-refractivity contribution in [2.75, 3.05) is 39.7 Å². The monoisotopic (exact) mass is 562 g/mol. The predicted octanol–water partition coefficient (Wildman–Crippen LogP) is 8.50. The topological polar surface area (TPSA) is 15.5 Å². The van der Waals surface area contributed by atoms with Gasteiger partial charge in [0.15, 0.2) is 0 Å². The molecule has 11 heteroatoms. The summed E-state index contributed by atoms with van der Waals surface area (Å²) in [4.78, 5) is 3.50. The molecule has 1 heterocycles. The summed E-state index contributed by atoms with van der Waals surface area (Å²) in [5.41, 5.74) is 4.02. The summed E-state index contributed by atoms with van der Waals surface area (Å²) in [5.74, 6) is 0.939. The second-order valence-electron chi connectivity index (χ2n) is 8.95. The zero-order chi connectivity index (χ0) is 27.5. The Kier molecular flexibility index (Phi) is 7.87. The van der Waals surface area contributed by atoms with E-state index in [2.05, 4.69) is 74.1 Å². The molecule has 4 rings (SSSR count). The van der Waals surface area contributed by atoms with Gasteiger partial charge in [-0.15, -0.1) is 11.3 Å². The Hall–Kier alpha value is -2.84. The van der Waals surface area contributed by atoms with E-state index in [1.165, 1.54) is 37.1 Å². The molecule has 2 aromatic rings. The molecule has 2 aliphatic rings. The van der Waals surface area contributed by atoms with Crippen LogP contribution in [-0.4, -0.2) is 34.8 Å². The maximum atomic E-state index is 9.87. The van der Waals surface area contributed by atoms with Crippen LogP contribution in [0.15, 0.2) is 66.7 Å². The van der Waals surface area contributed by atoms with Gasteiger partial charge in [0, 0.05) is 41.5 Å². The Bertz CT molecular complexity index is 1410. The van der Waals surface area contributed by atoms with Gasteiger partial charge in [0.05, 0.1) is 6.61 Å². The number of benzene rings is 3. The summed E-state index contributed by atoms with van der Waals surface area (Å²) in [6.45, 7) is 0.719. The average molecular weight is 563 g/mol. The van der Waals surface area contributed by atoms with Gasteiger partial charge in [0.2, 0.25) is 5.36 Å². The van der Waals surface area contributed by atoms with Gasteiger partial charge in [-0.2, -0.15) is 0 Å². The van der Waals surface area contributed by atoms with Crippen molar-refractivity contribution in [2.24, 2.45) is 0 Å². The van der Waals surface area contributed by atoms with Crippen molar-refractivity contribution in [3.05, 3.63) is 77.7 Å². The van der Waals surface area contributed by atoms with Crippen LogP contribution < -0.4 is 19.6 Å². The minimum absolute atomic E-state index is 0.719. The third-order valence-electron chi connectivity index (χ3n) is 5.42. The van der Waals surface area contributed by atoms with E-state index in [1.807, 2.05) is 41.7 Å². The third-order valence-corrected chi connectivity index (χ3v) is 6.53. The number of anilines is 1. The number of hydrogen-bond acceptors (Lipinski definition) is 3. The van der Waals surface area contributed by atoms with E-state index in [9.17, 15) is 25.2 Å². The molecule has 0 atom stereocenters. The first-order chi connectivity index (χ1) is 17.0. The quantitative estimate of drug-likeness (QED) is 0.0770. The number of halogens is 6. The third kappa shape index (κ3) is 9.52. The predicted molar refractivity (Wildman–Crippen MR) is 144 cm³/mol. The SMILES string of the molecule is CN(C)c1ccc2c(CCCOc3ccccc3)c3ccc(=[N+](C)C)cc-3sc2c1.F[P-](F)(F)(F)(F)F. The molecule has 1 aliphatic carbocycles. The number of para-hydroxylation sites is 1. The summed E-state index contributed by atoms with van der Waals surface area (Å²) in [7, 11) is -2.27. The molecule has 37 heavy (non-hydrogen) atoms. The van der Waals surface area contributed by atoms with E-state index in [0.29, 0.717) is 0 Å². The molecule has 2 aromatic carbocycles. The van der Waals surface area contributed by atoms with Gasteiger partial charge in [-0.3, -0.25) is 0 Å². The summed E-state index contributed by atoms with van der Waals surface area (Å²) in [6, 6.07) is 23.7. The van der Waals surface area contributed by atoms with Gasteiger partial charge in [-0.1, -0.05) is 24.3 Å². The fraction of sp³-hybridized carbons (Fsp3) is 0.269. The molecule has 0 amide bonds. The molecule has 0 N–H and O–H groups in total. The Labute approximate surface area is 215 Å². The zero-order valence-corrected chi connectivity index (χ0v) is 22.6. The molecule has 0 spiro atoms. The Balaban J connectivity index is 0.000000479. The van der Waals surface area contributed by atoms with Crippen LogP contribution in [0.2, 0.25) is 0 Å². The molecular weight excluding hydrogens is 533 g/mol. The van der Waals surface area contributed by atoms with E-state index >= 15 is 0 Å². The Morgan fingerprint density at radius 3 is 2.11 bits per heavy atom. The first-order valence-electron chi connectivity index (χ1n) is 11.4. The average Bonchev–Trinajstić information content (AvgIpc) is 2.79. The van der Waals surface area contributed by atoms with E-state index in [1.54, 1.807) is 0 Å². The molecule has 0 radical (unpaired) electrons. The fourth-order valence-corrected chi connectivity index (χ4v) is 4.93. The number of nitrogens with zero attached hydrogens (tertiary/aromatic N) is 2. The van der Waals surface area contributed by atoms with Crippen LogP contribution in [0.5, 0.6) is 5.75 Å². The van der Waals surface area contributed by atoms with Crippen LogP contribution >= 0.6 is 19.1 Å². The summed E-state index contributed by atoms with van der Waals surface area (Å²) < 4.78 is 68.6. The van der Waals surface area contributed by atoms with Crippen LogP contribution in [0.25, 0.3) is 20.5 Å². The normalized spacial score (nSPS) is 13.4. The van der Waals surface area contributed by atoms with Gasteiger partial charge < -0.3 is 9.64 Å². The second-order valence-corrected chi connectivity index (χ2v) is 12.0. The van der Waals surface area contributed by atoms with Gasteiger partial charge >= 0.3 is 33.0 Å². The fourth-order valence-electron chi connectivity index (χ4n) is 3.73. The van der Waals surface area contributed by atoms with Crippen molar-refractivity contribution < 1.29 is 29.9 Å². The van der Waals surface area contributed by atoms with Crippen molar-refractivity contribution in [1.29, 1.82) is 0 Å². The number of rotatable bonds is 6. The van der Waals surface area contributed by atoms with E-state index in [4.69, 9.17) is 4.74 Å². The van der Waals surface area contributed by atoms with Crippen LogP contribution in [-0.2, 0) is 6.42 Å². The molecule has 202 valence electrons. The number of fused-ring (bicyclic) bond motifs is 2. The summed E-state index contributed by atoms with van der Waals surface area (Å²) in [5, 5.41) is 2.59. The number of ether oxygens (including phenoxy) is 1. The van der Waals surface area contributed by atoms with Crippen molar-refractivity contribution in [1.82, 2.24) is 4.58 Å². The first kappa shape index (κ1) is 28.7. The molecule has 0 aromatic heterocycles. The van der Waals surface area contributed by atoms with Gasteiger partial charge in [0.25, 0.3) is 0 Å². The van der Waals surface area contributed by atoms with Crippen LogP contribution in [0.1, 0.15) is 12.0 Å². The molecule has 0 fully saturated rings. The van der Waals surface area contributed by atoms with E-state index < -0.39 is 7.81 Å². The molecule has 1 aliphatic heterocycles. The molecule has 0 unspecified atom stereocenters. The van der Waals surface area contributed by atoms with E-state index in [0.717, 1.165) is 25.2 Å². The van der Waals surface area contributed by atoms with E-state index in [-0.39, 0.29) is 0 Å². The van der Waals surface area contributed by atoms with Gasteiger partial charge in [0.1, 0.15) is 19.8 Å². The van der Waals surface area contributed by atoms with Crippen molar-refractivity contribution in [3.8, 4) is 16.2 Å². The van der Waals surface area contributed by atoms with Gasteiger partial charge in [-0.05, 0) is 59.7 Å². The number of aryl methyl sites for hydroxylation is 1. The summed E-state index contributed by atoms with van der Waals surface area (Å²) in [6.07, 6.45) is 1.98.